The number of anilines is 2. The van der Waals surface area contributed by atoms with E-state index in [0.29, 0.717) is 12.1 Å². The first-order chi connectivity index (χ1) is 19.0. The summed E-state index contributed by atoms with van der Waals surface area (Å²) in [5.41, 5.74) is -3.38. The molecule has 3 aromatic carbocycles. The molecule has 17 heteroatoms. The highest BCUT2D eigenvalue weighted by atomic mass is 35.5. The average molecular weight is 625 g/mol. The van der Waals surface area contributed by atoms with Crippen LogP contribution in [-0.4, -0.2) is 32.5 Å². The number of rotatable bonds is 9. The van der Waals surface area contributed by atoms with Gasteiger partial charge in [0.15, 0.2) is 0 Å². The summed E-state index contributed by atoms with van der Waals surface area (Å²) in [4.78, 5) is 23.5. The van der Waals surface area contributed by atoms with Crippen molar-refractivity contribution in [2.75, 3.05) is 23.3 Å². The van der Waals surface area contributed by atoms with E-state index in [4.69, 9.17) is 11.6 Å². The molecule has 2 N–H and O–H groups in total. The second-order valence-corrected chi connectivity index (χ2v) is 10.5. The number of hydrogen-bond donors (Lipinski definition) is 2. The maximum absolute atomic E-state index is 13.3. The molecule has 0 aliphatic heterocycles. The molecule has 0 fully saturated rings. The van der Waals surface area contributed by atoms with E-state index in [0.717, 1.165) is 59.5 Å². The summed E-state index contributed by atoms with van der Waals surface area (Å²) in [6, 6.07) is 8.88. The van der Waals surface area contributed by atoms with Gasteiger partial charge in [0.1, 0.15) is 5.02 Å². The van der Waals surface area contributed by atoms with Crippen LogP contribution in [0.15, 0.2) is 71.6 Å². The molecule has 3 aromatic rings. The second kappa shape index (κ2) is 12.3. The third-order valence-electron chi connectivity index (χ3n) is 5.45. The number of urea groups is 1. The molecule has 0 radical (unpaired) electrons. The Morgan fingerprint density at radius 2 is 1.54 bits per heavy atom. The Labute approximate surface area is 233 Å². The minimum absolute atomic E-state index is 0.179. The number of nitro groups is 1. The van der Waals surface area contributed by atoms with Crippen molar-refractivity contribution in [3.05, 3.63) is 93.0 Å². The molecule has 41 heavy (non-hydrogen) atoms. The van der Waals surface area contributed by atoms with Crippen molar-refractivity contribution in [1.29, 1.82) is 0 Å². The lowest BCUT2D eigenvalue weighted by Gasteiger charge is -2.24. The predicted octanol–water partition coefficient (Wildman–Crippen LogP) is 6.69. The number of nitrogens with one attached hydrogen (secondary N) is 2. The van der Waals surface area contributed by atoms with Gasteiger partial charge < -0.3 is 5.32 Å². The zero-order valence-electron chi connectivity index (χ0n) is 20.5. The van der Waals surface area contributed by atoms with E-state index >= 15 is 0 Å². The Hall–Kier alpha value is -3.89. The number of alkyl halides is 6. The molecule has 0 aliphatic carbocycles. The van der Waals surface area contributed by atoms with Crippen LogP contribution in [0.1, 0.15) is 17.5 Å². The molecule has 0 saturated carbocycles. The van der Waals surface area contributed by atoms with Crippen LogP contribution in [0, 0.1) is 10.1 Å². The Morgan fingerprint density at radius 1 is 0.927 bits per heavy atom. The standard InChI is InChI=1S/C24H19ClF6N4O5S/c25-20-9-8-19(14-21(20)35(37)38)41(39,40)32-10-3-11-34(18-7-2-5-16(13-18)24(29,30)31)22(36)33-17-6-1-4-15(12-17)23(26,27)28/h1-2,4-9,12-14,32H,3,10-11H2,(H,33,36). The number of carbonyl (C=O) groups is 1. The number of carbonyl (C=O) groups excluding carboxylic acids is 1. The molecular weight excluding hydrogens is 606 g/mol. The van der Waals surface area contributed by atoms with Crippen molar-refractivity contribution >= 4 is 44.7 Å². The highest BCUT2D eigenvalue weighted by molar-refractivity contribution is 7.89. The number of amides is 2. The average Bonchev–Trinajstić information content (AvgIpc) is 2.87. The van der Waals surface area contributed by atoms with Crippen LogP contribution in [0.4, 0.5) is 48.2 Å². The van der Waals surface area contributed by atoms with Gasteiger partial charge in [-0.25, -0.2) is 17.9 Å². The van der Waals surface area contributed by atoms with Crippen LogP contribution in [0.5, 0.6) is 0 Å². The van der Waals surface area contributed by atoms with Crippen LogP contribution < -0.4 is 14.9 Å². The van der Waals surface area contributed by atoms with E-state index in [1.807, 2.05) is 0 Å². The second-order valence-electron chi connectivity index (χ2n) is 8.33. The largest absolute Gasteiger partial charge is 0.416 e. The van der Waals surface area contributed by atoms with E-state index in [1.165, 1.54) is 0 Å². The summed E-state index contributed by atoms with van der Waals surface area (Å²) in [7, 11) is -4.30. The predicted molar refractivity (Wildman–Crippen MR) is 137 cm³/mol. The number of halogens is 7. The van der Waals surface area contributed by atoms with Crippen molar-refractivity contribution in [1.82, 2.24) is 4.72 Å². The molecule has 0 heterocycles. The number of benzene rings is 3. The lowest BCUT2D eigenvalue weighted by atomic mass is 10.1. The Kier molecular flexibility index (Phi) is 9.51. The summed E-state index contributed by atoms with van der Waals surface area (Å²) < 4.78 is 106. The zero-order valence-corrected chi connectivity index (χ0v) is 22.0. The van der Waals surface area contributed by atoms with Crippen LogP contribution in [0.25, 0.3) is 0 Å². The van der Waals surface area contributed by atoms with Gasteiger partial charge in [-0.1, -0.05) is 23.7 Å². The molecule has 0 aromatic heterocycles. The molecule has 9 nitrogen and oxygen atoms in total. The molecule has 0 saturated heterocycles. The Morgan fingerprint density at radius 3 is 2.15 bits per heavy atom. The SMILES string of the molecule is O=C(Nc1cccc(C(F)(F)F)c1)N(CCCNS(=O)(=O)c1ccc(Cl)c([N+](=O)[O-])c1)c1cccc(C(F)(F)F)c1. The van der Waals surface area contributed by atoms with Crippen molar-refractivity contribution < 1.29 is 44.5 Å². The van der Waals surface area contributed by atoms with Crippen molar-refractivity contribution in [2.24, 2.45) is 0 Å². The van der Waals surface area contributed by atoms with Crippen LogP contribution in [-0.2, 0) is 22.4 Å². The van der Waals surface area contributed by atoms with Gasteiger partial charge in [-0.3, -0.25) is 15.0 Å². The fourth-order valence-corrected chi connectivity index (χ4v) is 4.77. The molecule has 0 atom stereocenters. The lowest BCUT2D eigenvalue weighted by molar-refractivity contribution is -0.384. The molecule has 0 spiro atoms. The van der Waals surface area contributed by atoms with E-state index in [9.17, 15) is 49.7 Å². The van der Waals surface area contributed by atoms with Gasteiger partial charge in [-0.2, -0.15) is 26.3 Å². The van der Waals surface area contributed by atoms with Gasteiger partial charge >= 0.3 is 18.4 Å². The molecule has 3 rings (SSSR count). The zero-order chi connectivity index (χ0) is 30.6. The van der Waals surface area contributed by atoms with E-state index in [1.54, 1.807) is 0 Å². The minimum atomic E-state index is -4.77. The lowest BCUT2D eigenvalue weighted by Crippen LogP contribution is -2.37. The summed E-state index contributed by atoms with van der Waals surface area (Å²) >= 11 is 5.69. The fourth-order valence-electron chi connectivity index (χ4n) is 3.49. The highest BCUT2D eigenvalue weighted by Gasteiger charge is 2.32. The molecule has 220 valence electrons. The van der Waals surface area contributed by atoms with Gasteiger partial charge in [-0.15, -0.1) is 0 Å². The Bertz CT molecular complexity index is 1550. The smallest absolute Gasteiger partial charge is 0.308 e. The summed E-state index contributed by atoms with van der Waals surface area (Å²) in [5.74, 6) is 0. The number of nitrogens with zero attached hydrogens (tertiary/aromatic N) is 2. The maximum atomic E-state index is 13.3. The molecule has 0 bridgehead atoms. The van der Waals surface area contributed by atoms with Crippen molar-refractivity contribution in [3.8, 4) is 0 Å². The quantitative estimate of drug-likeness (QED) is 0.119. The van der Waals surface area contributed by atoms with Gasteiger partial charge in [0.25, 0.3) is 5.69 Å². The fraction of sp³-hybridized carbons (Fsp3) is 0.208. The molecule has 2 amide bonds. The van der Waals surface area contributed by atoms with E-state index in [-0.39, 0.29) is 35.9 Å². The van der Waals surface area contributed by atoms with Gasteiger partial charge in [0.05, 0.1) is 20.9 Å². The van der Waals surface area contributed by atoms with Crippen molar-refractivity contribution in [2.45, 2.75) is 23.7 Å². The van der Waals surface area contributed by atoms with E-state index in [2.05, 4.69) is 10.0 Å². The first-order valence-electron chi connectivity index (χ1n) is 11.4. The van der Waals surface area contributed by atoms with Gasteiger partial charge in [0.2, 0.25) is 10.0 Å². The summed E-state index contributed by atoms with van der Waals surface area (Å²) in [6.07, 6.45) is -9.67. The first-order valence-corrected chi connectivity index (χ1v) is 13.2. The van der Waals surface area contributed by atoms with Gasteiger partial charge in [-0.05, 0) is 55.0 Å². The molecule has 0 aliphatic rings. The first kappa shape index (κ1) is 31.6. The van der Waals surface area contributed by atoms with Crippen molar-refractivity contribution in [3.63, 3.8) is 0 Å². The number of sulfonamides is 1. The topological polar surface area (TPSA) is 122 Å². The summed E-state index contributed by atoms with van der Waals surface area (Å²) in [5, 5.41) is 13.0. The minimum Gasteiger partial charge on any atom is -0.308 e. The van der Waals surface area contributed by atoms with Crippen LogP contribution in [0.2, 0.25) is 5.02 Å². The number of hydrogen-bond acceptors (Lipinski definition) is 5. The third kappa shape index (κ3) is 8.31. The van der Waals surface area contributed by atoms with Gasteiger partial charge in [0, 0.05) is 30.5 Å². The van der Waals surface area contributed by atoms with Crippen LogP contribution in [0.3, 0.4) is 0 Å². The van der Waals surface area contributed by atoms with Crippen LogP contribution >= 0.6 is 11.6 Å². The highest BCUT2D eigenvalue weighted by Crippen LogP contribution is 2.33. The monoisotopic (exact) mass is 624 g/mol. The normalized spacial score (nSPS) is 12.2. The molecular formula is C24H19ClF6N4O5S. The maximum Gasteiger partial charge on any atom is 0.416 e. The summed E-state index contributed by atoms with van der Waals surface area (Å²) in [6.45, 7) is -0.750. The van der Waals surface area contributed by atoms with E-state index < -0.39 is 55.0 Å². The number of nitro benzene ring substituents is 1. The third-order valence-corrected chi connectivity index (χ3v) is 7.22. The molecule has 0 unspecified atom stereocenters. The Balaban J connectivity index is 1.80.